The lowest BCUT2D eigenvalue weighted by Crippen LogP contribution is -2.34. The van der Waals surface area contributed by atoms with Gasteiger partial charge in [-0.3, -0.25) is 0 Å². The molecule has 1 aliphatic rings. The van der Waals surface area contributed by atoms with Gasteiger partial charge in [-0.2, -0.15) is 0 Å². The third kappa shape index (κ3) is 3.44. The molecule has 1 saturated heterocycles. The highest BCUT2D eigenvalue weighted by Crippen LogP contribution is 2.20. The Bertz CT molecular complexity index is 526. The smallest absolute Gasteiger partial charge is 0.245 e. The topological polar surface area (TPSA) is 84.4 Å². The van der Waals surface area contributed by atoms with Crippen molar-refractivity contribution in [3.63, 3.8) is 0 Å². The predicted octanol–water partition coefficient (Wildman–Crippen LogP) is 0.565. The monoisotopic (exact) mass is 300 g/mol. The van der Waals surface area contributed by atoms with Crippen molar-refractivity contribution in [1.82, 2.24) is 14.3 Å². The van der Waals surface area contributed by atoms with Crippen LogP contribution in [0.3, 0.4) is 0 Å². The van der Waals surface area contributed by atoms with E-state index in [1.807, 2.05) is 0 Å². The lowest BCUT2D eigenvalue weighted by atomic mass is 10.0. The zero-order valence-corrected chi connectivity index (χ0v) is 12.6. The van der Waals surface area contributed by atoms with Crippen LogP contribution in [0.25, 0.3) is 0 Å². The van der Waals surface area contributed by atoms with Gasteiger partial charge in [-0.15, -0.1) is 0 Å². The molecule has 1 aromatic rings. The number of aromatic nitrogens is 2. The first-order chi connectivity index (χ1) is 9.54. The van der Waals surface area contributed by atoms with Gasteiger partial charge in [0.25, 0.3) is 0 Å². The van der Waals surface area contributed by atoms with E-state index in [1.54, 1.807) is 14.1 Å². The van der Waals surface area contributed by atoms with Crippen molar-refractivity contribution in [2.45, 2.75) is 17.7 Å². The van der Waals surface area contributed by atoms with Crippen molar-refractivity contribution in [2.24, 2.45) is 5.92 Å². The lowest BCUT2D eigenvalue weighted by Gasteiger charge is -2.26. The number of nitrogens with zero attached hydrogens (tertiary/aromatic N) is 3. The standard InChI is InChI=1S/C12H20N4O3S/c1-13-12-14-7-11(8-15-12)20(17,18)16(2)9-10-3-5-19-6-4-10/h7-8,10H,3-6,9H2,1-2H3,(H,13,14,15). The van der Waals surface area contributed by atoms with Crippen LogP contribution in [-0.2, 0) is 14.8 Å². The molecule has 0 radical (unpaired) electrons. The number of hydrogen-bond acceptors (Lipinski definition) is 6. The van der Waals surface area contributed by atoms with Crippen molar-refractivity contribution in [3.05, 3.63) is 12.4 Å². The first-order valence-electron chi connectivity index (χ1n) is 6.58. The first-order valence-corrected chi connectivity index (χ1v) is 8.02. The molecule has 0 aliphatic carbocycles. The number of anilines is 1. The number of ether oxygens (including phenoxy) is 1. The third-order valence-corrected chi connectivity index (χ3v) is 5.19. The highest BCUT2D eigenvalue weighted by atomic mass is 32.2. The van der Waals surface area contributed by atoms with Gasteiger partial charge in [-0.1, -0.05) is 0 Å². The molecule has 112 valence electrons. The van der Waals surface area contributed by atoms with Crippen LogP contribution in [0.5, 0.6) is 0 Å². The predicted molar refractivity (Wildman–Crippen MR) is 74.9 cm³/mol. The van der Waals surface area contributed by atoms with E-state index in [2.05, 4.69) is 15.3 Å². The summed E-state index contributed by atoms with van der Waals surface area (Å²) in [6, 6.07) is 0. The molecule has 0 atom stereocenters. The summed E-state index contributed by atoms with van der Waals surface area (Å²) in [6.45, 7) is 1.91. The summed E-state index contributed by atoms with van der Waals surface area (Å²) in [5.74, 6) is 0.747. The molecule has 0 saturated carbocycles. The van der Waals surface area contributed by atoms with Crippen molar-refractivity contribution in [1.29, 1.82) is 0 Å². The number of sulfonamides is 1. The van der Waals surface area contributed by atoms with Crippen LogP contribution in [0.4, 0.5) is 5.95 Å². The molecule has 7 nitrogen and oxygen atoms in total. The molecule has 1 fully saturated rings. The van der Waals surface area contributed by atoms with E-state index in [4.69, 9.17) is 4.74 Å². The summed E-state index contributed by atoms with van der Waals surface area (Å²) in [4.78, 5) is 8.01. The number of rotatable bonds is 5. The maximum absolute atomic E-state index is 12.4. The van der Waals surface area contributed by atoms with Crippen LogP contribution >= 0.6 is 0 Å². The Labute approximate surface area is 119 Å². The Morgan fingerprint density at radius 2 is 1.95 bits per heavy atom. The van der Waals surface area contributed by atoms with Crippen molar-refractivity contribution in [3.8, 4) is 0 Å². The van der Waals surface area contributed by atoms with Gasteiger partial charge >= 0.3 is 0 Å². The first kappa shape index (κ1) is 15.1. The molecule has 1 aromatic heterocycles. The Hall–Kier alpha value is -1.25. The van der Waals surface area contributed by atoms with Crippen LogP contribution in [0.15, 0.2) is 17.3 Å². The van der Waals surface area contributed by atoms with Gasteiger partial charge in [0.2, 0.25) is 16.0 Å². The van der Waals surface area contributed by atoms with E-state index in [-0.39, 0.29) is 4.90 Å². The molecule has 0 spiro atoms. The van der Waals surface area contributed by atoms with E-state index in [0.29, 0.717) is 31.6 Å². The second-order valence-corrected chi connectivity index (χ2v) is 6.88. The van der Waals surface area contributed by atoms with Crippen LogP contribution in [0.1, 0.15) is 12.8 Å². The van der Waals surface area contributed by atoms with Crippen LogP contribution < -0.4 is 5.32 Å². The highest BCUT2D eigenvalue weighted by Gasteiger charge is 2.25. The lowest BCUT2D eigenvalue weighted by molar-refractivity contribution is 0.0620. The quantitative estimate of drug-likeness (QED) is 0.855. The number of hydrogen-bond donors (Lipinski definition) is 1. The summed E-state index contributed by atoms with van der Waals surface area (Å²) < 4.78 is 31.5. The maximum atomic E-state index is 12.4. The van der Waals surface area contributed by atoms with Gasteiger partial charge in [0.15, 0.2) is 0 Å². The fourth-order valence-corrected chi connectivity index (χ4v) is 3.29. The van der Waals surface area contributed by atoms with E-state index in [0.717, 1.165) is 12.8 Å². The van der Waals surface area contributed by atoms with E-state index in [1.165, 1.54) is 16.7 Å². The van der Waals surface area contributed by atoms with E-state index in [9.17, 15) is 8.42 Å². The van der Waals surface area contributed by atoms with Crippen molar-refractivity contribution >= 4 is 16.0 Å². The second kappa shape index (κ2) is 6.47. The zero-order valence-electron chi connectivity index (χ0n) is 11.7. The van der Waals surface area contributed by atoms with Gasteiger partial charge < -0.3 is 10.1 Å². The minimum atomic E-state index is -3.52. The summed E-state index contributed by atoms with van der Waals surface area (Å²) >= 11 is 0. The van der Waals surface area contributed by atoms with Gasteiger partial charge in [0, 0.05) is 33.9 Å². The maximum Gasteiger partial charge on any atom is 0.245 e. The van der Waals surface area contributed by atoms with Gasteiger partial charge in [0.1, 0.15) is 4.90 Å². The molecule has 20 heavy (non-hydrogen) atoms. The van der Waals surface area contributed by atoms with Crippen LogP contribution in [0, 0.1) is 5.92 Å². The van der Waals surface area contributed by atoms with Gasteiger partial charge in [0.05, 0.1) is 12.4 Å². The fourth-order valence-electron chi connectivity index (χ4n) is 2.15. The third-order valence-electron chi connectivity index (χ3n) is 3.42. The molecule has 1 aliphatic heterocycles. The molecular weight excluding hydrogens is 280 g/mol. The minimum Gasteiger partial charge on any atom is -0.381 e. The van der Waals surface area contributed by atoms with E-state index >= 15 is 0 Å². The van der Waals surface area contributed by atoms with Crippen LogP contribution in [0.2, 0.25) is 0 Å². The second-order valence-electron chi connectivity index (χ2n) is 4.83. The Morgan fingerprint density at radius 3 is 2.50 bits per heavy atom. The Balaban J connectivity index is 2.07. The average molecular weight is 300 g/mol. The summed E-state index contributed by atoms with van der Waals surface area (Å²) in [6.07, 6.45) is 4.45. The van der Waals surface area contributed by atoms with Crippen molar-refractivity contribution in [2.75, 3.05) is 39.2 Å². The van der Waals surface area contributed by atoms with Crippen LogP contribution in [-0.4, -0.2) is 56.5 Å². The molecule has 0 bridgehead atoms. The minimum absolute atomic E-state index is 0.117. The largest absolute Gasteiger partial charge is 0.381 e. The highest BCUT2D eigenvalue weighted by molar-refractivity contribution is 7.89. The molecule has 2 heterocycles. The van der Waals surface area contributed by atoms with Crippen molar-refractivity contribution < 1.29 is 13.2 Å². The zero-order chi connectivity index (χ0) is 14.6. The molecular formula is C12H20N4O3S. The normalized spacial score (nSPS) is 17.4. The summed E-state index contributed by atoms with van der Waals surface area (Å²) in [5.41, 5.74) is 0. The van der Waals surface area contributed by atoms with Gasteiger partial charge in [-0.25, -0.2) is 22.7 Å². The molecule has 0 unspecified atom stereocenters. The summed E-state index contributed by atoms with van der Waals surface area (Å²) in [5, 5.41) is 2.76. The SMILES string of the molecule is CNc1ncc(S(=O)(=O)N(C)CC2CCOCC2)cn1. The summed E-state index contributed by atoms with van der Waals surface area (Å²) in [7, 11) is -0.248. The van der Waals surface area contributed by atoms with E-state index < -0.39 is 10.0 Å². The Kier molecular flexibility index (Phi) is 4.90. The molecule has 0 aromatic carbocycles. The molecule has 1 N–H and O–H groups in total. The Morgan fingerprint density at radius 1 is 1.35 bits per heavy atom. The fraction of sp³-hybridized carbons (Fsp3) is 0.667. The van der Waals surface area contributed by atoms with Gasteiger partial charge in [-0.05, 0) is 18.8 Å². The molecule has 2 rings (SSSR count). The molecule has 0 amide bonds. The number of nitrogens with one attached hydrogen (secondary N) is 1. The average Bonchev–Trinajstić information content (AvgIpc) is 2.48. The molecule has 8 heteroatoms.